The summed E-state index contributed by atoms with van der Waals surface area (Å²) in [7, 11) is 1.60. The Balaban J connectivity index is 2.43. The van der Waals surface area contributed by atoms with Gasteiger partial charge in [-0.25, -0.2) is 9.53 Å². The largest absolute Gasteiger partial charge is 0.370 e. The van der Waals surface area contributed by atoms with Gasteiger partial charge in [0.25, 0.3) is 5.91 Å². The summed E-state index contributed by atoms with van der Waals surface area (Å²) >= 11 is 0. The Morgan fingerprint density at radius 3 is 2.48 bits per heavy atom. The minimum absolute atomic E-state index is 0.0514. The topological polar surface area (TPSA) is 64.2 Å². The van der Waals surface area contributed by atoms with Crippen LogP contribution in [0, 0.1) is 13.8 Å². The number of aromatic nitrogens is 1. The summed E-state index contributed by atoms with van der Waals surface area (Å²) in [4.78, 5) is 24.2. The van der Waals surface area contributed by atoms with Gasteiger partial charge in [-0.15, -0.1) is 0 Å². The minimum atomic E-state index is -0.618. The van der Waals surface area contributed by atoms with Crippen LogP contribution in [0.2, 0.25) is 0 Å². The molecule has 2 rings (SSSR count). The number of carbonyl (C=O) groups excluding carboxylic acids is 1. The molecule has 0 spiro atoms. The Kier molecular flexibility index (Phi) is 4.02. The number of nitrogens with one attached hydrogen (secondary N) is 1. The fourth-order valence-electron chi connectivity index (χ4n) is 2.32. The molecule has 5 nitrogen and oxygen atoms in total. The highest BCUT2D eigenvalue weighted by atomic mass is 16.5. The van der Waals surface area contributed by atoms with Crippen LogP contribution in [0.4, 0.5) is 5.69 Å². The van der Waals surface area contributed by atoms with Crippen molar-refractivity contribution in [2.75, 3.05) is 5.32 Å². The lowest BCUT2D eigenvalue weighted by molar-refractivity contribution is 0.102. The van der Waals surface area contributed by atoms with Gasteiger partial charge in [0.2, 0.25) is 0 Å². The molecular formula is C16H20N2O3. The quantitative estimate of drug-likeness (QED) is 0.944. The third kappa shape index (κ3) is 2.77. The van der Waals surface area contributed by atoms with Gasteiger partial charge in [-0.1, -0.05) is 32.0 Å². The first kappa shape index (κ1) is 15.1. The third-order valence-electron chi connectivity index (χ3n) is 3.65. The second kappa shape index (κ2) is 5.60. The molecule has 0 saturated carbocycles. The van der Waals surface area contributed by atoms with Crippen LogP contribution in [0.3, 0.4) is 0 Å². The first-order valence-electron chi connectivity index (χ1n) is 6.90. The molecule has 112 valence electrons. The molecule has 0 atom stereocenters. The van der Waals surface area contributed by atoms with E-state index in [1.807, 2.05) is 25.1 Å². The van der Waals surface area contributed by atoms with Gasteiger partial charge >= 0.3 is 5.63 Å². The fourth-order valence-corrected chi connectivity index (χ4v) is 2.32. The number of carbonyl (C=O) groups is 1. The number of nitrogens with zero attached hydrogens (tertiary/aromatic N) is 1. The third-order valence-corrected chi connectivity index (χ3v) is 3.65. The molecule has 0 aliphatic rings. The van der Waals surface area contributed by atoms with Crippen molar-refractivity contribution < 1.29 is 9.32 Å². The molecule has 0 bridgehead atoms. The lowest BCUT2D eigenvalue weighted by Crippen LogP contribution is -2.21. The van der Waals surface area contributed by atoms with Gasteiger partial charge in [-0.05, 0) is 30.9 Å². The molecule has 0 saturated heterocycles. The van der Waals surface area contributed by atoms with Gasteiger partial charge in [0.15, 0.2) is 0 Å². The molecule has 0 aliphatic carbocycles. The zero-order chi connectivity index (χ0) is 15.7. The van der Waals surface area contributed by atoms with E-state index in [4.69, 9.17) is 4.52 Å². The number of hydrogen-bond acceptors (Lipinski definition) is 3. The van der Waals surface area contributed by atoms with E-state index in [9.17, 15) is 9.59 Å². The highest BCUT2D eigenvalue weighted by Gasteiger charge is 2.21. The Labute approximate surface area is 123 Å². The first-order valence-corrected chi connectivity index (χ1v) is 6.90. The predicted molar refractivity (Wildman–Crippen MR) is 81.9 cm³/mol. The summed E-state index contributed by atoms with van der Waals surface area (Å²) in [5.74, 6) is -0.161. The molecule has 0 radical (unpaired) electrons. The Morgan fingerprint density at radius 2 is 1.95 bits per heavy atom. The summed E-state index contributed by atoms with van der Waals surface area (Å²) in [5.41, 5.74) is 2.72. The van der Waals surface area contributed by atoms with Crippen molar-refractivity contribution in [3.8, 4) is 0 Å². The molecule has 2 aromatic rings. The van der Waals surface area contributed by atoms with Crippen LogP contribution in [0.5, 0.6) is 0 Å². The summed E-state index contributed by atoms with van der Waals surface area (Å²) in [5, 5.41) is 2.86. The van der Waals surface area contributed by atoms with Crippen LogP contribution >= 0.6 is 0 Å². The van der Waals surface area contributed by atoms with Crippen LogP contribution in [0.25, 0.3) is 0 Å². The number of rotatable bonds is 3. The van der Waals surface area contributed by atoms with Crippen LogP contribution in [0.1, 0.15) is 46.9 Å². The minimum Gasteiger partial charge on any atom is -0.336 e. The lowest BCUT2D eigenvalue weighted by atomic mass is 9.98. The van der Waals surface area contributed by atoms with Crippen molar-refractivity contribution in [2.45, 2.75) is 33.6 Å². The number of benzene rings is 1. The van der Waals surface area contributed by atoms with E-state index in [0.29, 0.717) is 5.69 Å². The first-order chi connectivity index (χ1) is 9.82. The van der Waals surface area contributed by atoms with Crippen molar-refractivity contribution in [1.82, 2.24) is 4.74 Å². The maximum atomic E-state index is 12.4. The van der Waals surface area contributed by atoms with Crippen molar-refractivity contribution in [3.63, 3.8) is 0 Å². The highest BCUT2D eigenvalue weighted by Crippen LogP contribution is 2.27. The number of para-hydroxylation sites is 1. The van der Waals surface area contributed by atoms with Crippen molar-refractivity contribution in [1.29, 1.82) is 0 Å². The number of hydrogen-bond donors (Lipinski definition) is 1. The van der Waals surface area contributed by atoms with E-state index in [2.05, 4.69) is 19.2 Å². The van der Waals surface area contributed by atoms with Gasteiger partial charge < -0.3 is 9.84 Å². The smallest absolute Gasteiger partial charge is 0.336 e. The van der Waals surface area contributed by atoms with E-state index in [-0.39, 0.29) is 11.5 Å². The Morgan fingerprint density at radius 1 is 1.29 bits per heavy atom. The summed E-state index contributed by atoms with van der Waals surface area (Å²) < 4.78 is 6.22. The van der Waals surface area contributed by atoms with Crippen molar-refractivity contribution in [3.05, 3.63) is 51.0 Å². The summed E-state index contributed by atoms with van der Waals surface area (Å²) in [6.07, 6.45) is 0. The van der Waals surface area contributed by atoms with Gasteiger partial charge in [0, 0.05) is 12.7 Å². The average Bonchev–Trinajstić information content (AvgIpc) is 2.65. The van der Waals surface area contributed by atoms with Crippen LogP contribution in [0.15, 0.2) is 27.5 Å². The number of amides is 1. The zero-order valence-corrected chi connectivity index (χ0v) is 13.0. The molecule has 1 N–H and O–H groups in total. The number of aryl methyl sites for hydroxylation is 2. The van der Waals surface area contributed by atoms with E-state index in [1.54, 1.807) is 14.0 Å². The summed E-state index contributed by atoms with van der Waals surface area (Å²) in [6, 6.07) is 5.87. The molecule has 1 amide bonds. The zero-order valence-electron chi connectivity index (χ0n) is 13.0. The van der Waals surface area contributed by atoms with Gasteiger partial charge in [-0.3, -0.25) is 4.79 Å². The van der Waals surface area contributed by atoms with E-state index in [0.717, 1.165) is 16.8 Å². The van der Waals surface area contributed by atoms with Crippen LogP contribution in [-0.2, 0) is 7.05 Å². The number of anilines is 1. The highest BCUT2D eigenvalue weighted by molar-refractivity contribution is 6.05. The maximum Gasteiger partial charge on any atom is 0.370 e. The molecular weight excluding hydrogens is 268 g/mol. The lowest BCUT2D eigenvalue weighted by Gasteiger charge is -2.16. The van der Waals surface area contributed by atoms with E-state index >= 15 is 0 Å². The van der Waals surface area contributed by atoms with Crippen LogP contribution in [-0.4, -0.2) is 10.6 Å². The van der Waals surface area contributed by atoms with E-state index in [1.165, 1.54) is 4.74 Å². The van der Waals surface area contributed by atoms with Gasteiger partial charge in [0.05, 0.1) is 5.69 Å². The van der Waals surface area contributed by atoms with Crippen molar-refractivity contribution in [2.24, 2.45) is 7.05 Å². The van der Waals surface area contributed by atoms with Crippen LogP contribution < -0.4 is 10.9 Å². The van der Waals surface area contributed by atoms with Gasteiger partial charge in [0.1, 0.15) is 5.56 Å². The predicted octanol–water partition coefficient (Wildman–Crippen LogP) is 2.97. The molecule has 0 fully saturated rings. The second-order valence-electron chi connectivity index (χ2n) is 5.48. The molecule has 0 aliphatic heterocycles. The second-order valence-corrected chi connectivity index (χ2v) is 5.48. The Hall–Kier alpha value is -2.30. The van der Waals surface area contributed by atoms with E-state index < -0.39 is 11.5 Å². The Bertz CT molecular complexity index is 738. The summed E-state index contributed by atoms with van der Waals surface area (Å²) in [6.45, 7) is 7.74. The molecule has 0 unspecified atom stereocenters. The monoisotopic (exact) mass is 288 g/mol. The molecule has 1 aromatic heterocycles. The SMILES string of the molecule is Cc1cccc(C(C)C)c1NC(=O)c1c(C)n(C)oc1=O. The van der Waals surface area contributed by atoms with Gasteiger partial charge in [-0.2, -0.15) is 0 Å². The average molecular weight is 288 g/mol. The normalized spacial score (nSPS) is 11.0. The molecule has 1 heterocycles. The van der Waals surface area contributed by atoms with Crippen molar-refractivity contribution >= 4 is 11.6 Å². The fraction of sp³-hybridized carbons (Fsp3) is 0.375. The molecule has 21 heavy (non-hydrogen) atoms. The maximum absolute atomic E-state index is 12.4. The molecule has 5 heteroatoms. The molecule has 1 aromatic carbocycles. The standard InChI is InChI=1S/C16H20N2O3/c1-9(2)12-8-6-7-10(3)14(12)17-15(19)13-11(4)18(5)21-16(13)20/h6-9H,1-5H3,(H,17,19).